The summed E-state index contributed by atoms with van der Waals surface area (Å²) in [4.78, 5) is 24.5. The van der Waals surface area contributed by atoms with Crippen LogP contribution in [0.4, 0.5) is 0 Å². The van der Waals surface area contributed by atoms with Crippen molar-refractivity contribution in [1.29, 1.82) is 0 Å². The normalized spacial score (nSPS) is 13.6. The highest BCUT2D eigenvalue weighted by atomic mass is 16.3. The summed E-state index contributed by atoms with van der Waals surface area (Å²) in [5, 5.41) is 25.9. The molecule has 0 saturated heterocycles. The molecule has 0 spiro atoms. The van der Waals surface area contributed by atoms with Crippen molar-refractivity contribution in [2.45, 2.75) is 27.7 Å². The van der Waals surface area contributed by atoms with Crippen LogP contribution in [0, 0.1) is 0 Å². The Morgan fingerprint density at radius 1 is 0.567 bits per heavy atom. The van der Waals surface area contributed by atoms with Gasteiger partial charge >= 0.3 is 0 Å². The van der Waals surface area contributed by atoms with Crippen LogP contribution in [0.3, 0.4) is 0 Å². The summed E-state index contributed by atoms with van der Waals surface area (Å²) in [6, 6.07) is 15.5. The van der Waals surface area contributed by atoms with Crippen molar-refractivity contribution in [3.8, 4) is 0 Å². The number of carbonyl (C=O) groups is 2. The van der Waals surface area contributed by atoms with Crippen LogP contribution in [0.15, 0.2) is 60.0 Å². The molecule has 30 heavy (non-hydrogen) atoms. The Morgan fingerprint density at radius 3 is 1.20 bits per heavy atom. The molecule has 4 rings (SSSR count). The van der Waals surface area contributed by atoms with E-state index < -0.39 is 0 Å². The zero-order valence-electron chi connectivity index (χ0n) is 17.3. The number of Topliss-reactive ketones (excluding diaryl/α,β-unsaturated/α-hetero) is 2. The van der Waals surface area contributed by atoms with Gasteiger partial charge in [0.25, 0.3) is 0 Å². The molecular weight excluding hydrogens is 376 g/mol. The molecule has 0 radical (unpaired) electrons. The maximum absolute atomic E-state index is 12.2. The van der Waals surface area contributed by atoms with Crippen molar-refractivity contribution in [2.75, 3.05) is 0 Å². The third-order valence-electron chi connectivity index (χ3n) is 5.63. The average molecular weight is 398 g/mol. The molecule has 0 unspecified atom stereocenters. The van der Waals surface area contributed by atoms with Crippen LogP contribution in [-0.4, -0.2) is 21.8 Å². The summed E-state index contributed by atoms with van der Waals surface area (Å²) >= 11 is 0. The minimum Gasteiger partial charge on any atom is -0.512 e. The van der Waals surface area contributed by atoms with Gasteiger partial charge in [-0.3, -0.25) is 9.59 Å². The molecule has 0 aromatic heterocycles. The fraction of sp³-hybridized carbons (Fsp3) is 0.154. The fourth-order valence-electron chi connectivity index (χ4n) is 4.52. The van der Waals surface area contributed by atoms with E-state index >= 15 is 0 Å². The summed E-state index contributed by atoms with van der Waals surface area (Å²) in [7, 11) is 0. The summed E-state index contributed by atoms with van der Waals surface area (Å²) in [5.41, 5.74) is 1.94. The van der Waals surface area contributed by atoms with Crippen molar-refractivity contribution in [3.63, 3.8) is 0 Å². The minimum atomic E-state index is -0.205. The second-order valence-corrected chi connectivity index (χ2v) is 7.68. The number of rotatable bonds is 4. The number of carbonyl (C=O) groups excluding carboxylic acids is 2. The van der Waals surface area contributed by atoms with Gasteiger partial charge in [0.15, 0.2) is 11.6 Å². The molecular formula is C26H22O4. The Balaban J connectivity index is 2.21. The molecule has 0 saturated carbocycles. The standard InChI is InChI=1S/C26H22O4/c1-13(27)23(14(2)28)19-9-5-17-8-12-22-20(24(15(3)29)16(4)30)10-6-18-7-11-21(19)25(17)26(18)22/h5-12,27,29H,1-4H3. The number of hydrogen-bond acceptors (Lipinski definition) is 4. The molecule has 0 amide bonds. The Morgan fingerprint density at radius 2 is 0.900 bits per heavy atom. The lowest BCUT2D eigenvalue weighted by molar-refractivity contribution is -0.112. The predicted octanol–water partition coefficient (Wildman–Crippen LogP) is 6.34. The first-order valence-electron chi connectivity index (χ1n) is 9.75. The number of hydrogen-bond donors (Lipinski definition) is 2. The molecule has 0 aliphatic rings. The molecule has 2 N–H and O–H groups in total. The quantitative estimate of drug-likeness (QED) is 0.239. The van der Waals surface area contributed by atoms with Crippen LogP contribution in [0.5, 0.6) is 0 Å². The first-order chi connectivity index (χ1) is 14.2. The largest absolute Gasteiger partial charge is 0.512 e. The second kappa shape index (κ2) is 6.99. The molecule has 0 heterocycles. The summed E-state index contributed by atoms with van der Waals surface area (Å²) in [6.45, 7) is 5.92. The van der Waals surface area contributed by atoms with Crippen LogP contribution in [-0.2, 0) is 9.59 Å². The van der Waals surface area contributed by atoms with Gasteiger partial charge in [0.2, 0.25) is 0 Å². The van der Waals surface area contributed by atoms with Crippen molar-refractivity contribution >= 4 is 55.0 Å². The van der Waals surface area contributed by atoms with E-state index in [1.165, 1.54) is 27.7 Å². The highest BCUT2D eigenvalue weighted by Gasteiger charge is 2.20. The molecule has 4 aromatic carbocycles. The maximum atomic E-state index is 12.2. The van der Waals surface area contributed by atoms with Gasteiger partial charge in [-0.05, 0) is 71.1 Å². The molecule has 0 bridgehead atoms. The predicted molar refractivity (Wildman–Crippen MR) is 122 cm³/mol. The maximum Gasteiger partial charge on any atom is 0.163 e. The monoisotopic (exact) mass is 398 g/mol. The summed E-state index contributed by atoms with van der Waals surface area (Å²) in [5.74, 6) is -0.446. The molecule has 0 aliphatic heterocycles. The highest BCUT2D eigenvalue weighted by Crippen LogP contribution is 2.41. The van der Waals surface area contributed by atoms with Crippen molar-refractivity contribution in [1.82, 2.24) is 0 Å². The summed E-state index contributed by atoms with van der Waals surface area (Å²) < 4.78 is 0. The molecule has 150 valence electrons. The van der Waals surface area contributed by atoms with Gasteiger partial charge in [0.05, 0.1) is 11.1 Å². The Kier molecular flexibility index (Phi) is 4.58. The SMILES string of the molecule is CC(=O)C(=C(C)O)c1ccc2ccc3c(C(C(C)=O)=C(C)O)ccc4ccc1c2c43. The highest BCUT2D eigenvalue weighted by molar-refractivity contribution is 6.32. The van der Waals surface area contributed by atoms with Crippen molar-refractivity contribution in [2.24, 2.45) is 0 Å². The third kappa shape index (κ3) is 2.84. The zero-order chi connectivity index (χ0) is 21.7. The van der Waals surface area contributed by atoms with E-state index in [1.807, 2.05) is 48.5 Å². The van der Waals surface area contributed by atoms with Crippen LogP contribution in [0.25, 0.3) is 43.5 Å². The molecule has 4 nitrogen and oxygen atoms in total. The number of ketones is 2. The fourth-order valence-corrected chi connectivity index (χ4v) is 4.52. The average Bonchev–Trinajstić information content (AvgIpc) is 2.67. The lowest BCUT2D eigenvalue weighted by Crippen LogP contribution is -2.02. The first kappa shape index (κ1) is 19.6. The first-order valence-corrected chi connectivity index (χ1v) is 9.75. The second-order valence-electron chi connectivity index (χ2n) is 7.68. The van der Waals surface area contributed by atoms with Gasteiger partial charge in [-0.2, -0.15) is 0 Å². The Labute approximate surface area is 174 Å². The smallest absolute Gasteiger partial charge is 0.163 e. The van der Waals surface area contributed by atoms with E-state index in [-0.39, 0.29) is 23.1 Å². The van der Waals surface area contributed by atoms with E-state index in [9.17, 15) is 19.8 Å². The van der Waals surface area contributed by atoms with Crippen molar-refractivity contribution in [3.05, 3.63) is 71.2 Å². The van der Waals surface area contributed by atoms with Gasteiger partial charge in [-0.25, -0.2) is 0 Å². The summed E-state index contributed by atoms with van der Waals surface area (Å²) in [6.07, 6.45) is 0. The van der Waals surface area contributed by atoms with E-state index in [1.54, 1.807) is 0 Å². The van der Waals surface area contributed by atoms with E-state index in [2.05, 4.69) is 0 Å². The van der Waals surface area contributed by atoms with Crippen LogP contribution < -0.4 is 0 Å². The lowest BCUT2D eigenvalue weighted by Gasteiger charge is -2.17. The Hall–Kier alpha value is -3.66. The van der Waals surface area contributed by atoms with Gasteiger partial charge in [0.1, 0.15) is 11.5 Å². The number of aliphatic hydroxyl groups is 2. The topological polar surface area (TPSA) is 74.6 Å². The molecule has 0 atom stereocenters. The molecule has 0 aliphatic carbocycles. The minimum absolute atomic E-state index is 0.0177. The van der Waals surface area contributed by atoms with E-state index in [0.717, 1.165) is 32.3 Å². The van der Waals surface area contributed by atoms with Crippen LogP contribution in [0.2, 0.25) is 0 Å². The zero-order valence-corrected chi connectivity index (χ0v) is 17.3. The number of aliphatic hydroxyl groups excluding tert-OH is 2. The third-order valence-corrected chi connectivity index (χ3v) is 5.63. The number of allylic oxidation sites excluding steroid dienone is 4. The van der Waals surface area contributed by atoms with E-state index in [4.69, 9.17) is 0 Å². The number of benzene rings is 4. The Bertz CT molecular complexity index is 1300. The van der Waals surface area contributed by atoms with Crippen molar-refractivity contribution < 1.29 is 19.8 Å². The molecule has 4 heteroatoms. The molecule has 0 fully saturated rings. The van der Waals surface area contributed by atoms with Gasteiger partial charge in [-0.1, -0.05) is 48.5 Å². The van der Waals surface area contributed by atoms with Gasteiger partial charge in [-0.15, -0.1) is 0 Å². The van der Waals surface area contributed by atoms with E-state index in [0.29, 0.717) is 22.3 Å². The molecule has 4 aromatic rings. The van der Waals surface area contributed by atoms with Gasteiger partial charge < -0.3 is 10.2 Å². The van der Waals surface area contributed by atoms with Gasteiger partial charge in [0, 0.05) is 0 Å². The lowest BCUT2D eigenvalue weighted by atomic mass is 9.86. The van der Waals surface area contributed by atoms with Crippen LogP contribution >= 0.6 is 0 Å². The van der Waals surface area contributed by atoms with Crippen LogP contribution in [0.1, 0.15) is 38.8 Å².